The van der Waals surface area contributed by atoms with Gasteiger partial charge in [-0.25, -0.2) is 0 Å². The van der Waals surface area contributed by atoms with E-state index in [1.54, 1.807) is 18.3 Å². The normalized spacial score (nSPS) is 11.5. The molecule has 0 amide bonds. The number of anilines is 1. The molecular formula is C27H23F3N4OS. The van der Waals surface area contributed by atoms with Crippen LogP contribution >= 0.6 is 12.2 Å². The minimum absolute atomic E-state index is 0.257. The zero-order chi connectivity index (χ0) is 25.7. The van der Waals surface area contributed by atoms with E-state index >= 15 is 0 Å². The van der Waals surface area contributed by atoms with E-state index in [2.05, 4.69) is 20.6 Å². The lowest BCUT2D eigenvalue weighted by Gasteiger charge is -2.12. The van der Waals surface area contributed by atoms with Gasteiger partial charge in [0.2, 0.25) is 0 Å². The van der Waals surface area contributed by atoms with E-state index in [1.807, 2.05) is 79.3 Å². The molecule has 4 aromatic rings. The molecule has 4 rings (SSSR count). The molecule has 0 aliphatic heterocycles. The van der Waals surface area contributed by atoms with Gasteiger partial charge in [-0.3, -0.25) is 5.43 Å². The maximum absolute atomic E-state index is 12.3. The molecule has 0 saturated carbocycles. The number of hydrazone groups is 1. The van der Waals surface area contributed by atoms with E-state index < -0.39 is 6.36 Å². The first-order valence-corrected chi connectivity index (χ1v) is 11.4. The van der Waals surface area contributed by atoms with Gasteiger partial charge in [0.25, 0.3) is 0 Å². The molecule has 184 valence electrons. The third-order valence-electron chi connectivity index (χ3n) is 5.40. The fourth-order valence-electron chi connectivity index (χ4n) is 3.63. The third kappa shape index (κ3) is 6.51. The summed E-state index contributed by atoms with van der Waals surface area (Å²) in [6.07, 6.45) is 0.719. The summed E-state index contributed by atoms with van der Waals surface area (Å²) in [6, 6.07) is 21.5. The number of aromatic nitrogens is 1. The SMILES string of the molecule is Cc1cccc(C)c1NC(=S)NN=Cc1ccc(-c2ccn(-c3ccc(OC(F)(F)F)cc3)c2)cc1. The molecule has 2 N–H and O–H groups in total. The number of para-hydroxylation sites is 1. The quantitative estimate of drug-likeness (QED) is 0.168. The minimum atomic E-state index is -4.71. The third-order valence-corrected chi connectivity index (χ3v) is 5.60. The molecule has 0 unspecified atom stereocenters. The number of ether oxygens (including phenoxy) is 1. The maximum atomic E-state index is 12.3. The van der Waals surface area contributed by atoms with Crippen LogP contribution in [0.25, 0.3) is 16.8 Å². The first kappa shape index (κ1) is 25.0. The smallest absolute Gasteiger partial charge is 0.406 e. The summed E-state index contributed by atoms with van der Waals surface area (Å²) in [5.41, 5.74) is 9.55. The van der Waals surface area contributed by atoms with Gasteiger partial charge in [-0.2, -0.15) is 5.10 Å². The molecule has 0 aliphatic carbocycles. The number of aryl methyl sites for hydroxylation is 2. The van der Waals surface area contributed by atoms with E-state index in [4.69, 9.17) is 12.2 Å². The van der Waals surface area contributed by atoms with Gasteiger partial charge in [0.15, 0.2) is 5.11 Å². The Bertz CT molecular complexity index is 1360. The van der Waals surface area contributed by atoms with Crippen LogP contribution in [0.2, 0.25) is 0 Å². The Hall–Kier alpha value is -4.11. The van der Waals surface area contributed by atoms with Crippen LogP contribution in [0.5, 0.6) is 5.75 Å². The summed E-state index contributed by atoms with van der Waals surface area (Å²) in [5, 5.41) is 7.78. The van der Waals surface area contributed by atoms with Crippen molar-refractivity contribution >= 4 is 29.2 Å². The van der Waals surface area contributed by atoms with Gasteiger partial charge in [0.1, 0.15) is 5.75 Å². The summed E-state index contributed by atoms with van der Waals surface area (Å²) in [5.74, 6) is -0.257. The largest absolute Gasteiger partial charge is 0.573 e. The van der Waals surface area contributed by atoms with Gasteiger partial charge < -0.3 is 14.6 Å². The molecule has 0 spiro atoms. The second-order valence-corrected chi connectivity index (χ2v) is 8.47. The highest BCUT2D eigenvalue weighted by Crippen LogP contribution is 2.26. The van der Waals surface area contributed by atoms with Gasteiger partial charge in [0, 0.05) is 23.8 Å². The Morgan fingerprint density at radius 3 is 2.22 bits per heavy atom. The van der Waals surface area contributed by atoms with Crippen molar-refractivity contribution < 1.29 is 17.9 Å². The predicted octanol–water partition coefficient (Wildman–Crippen LogP) is 6.98. The standard InChI is InChI=1S/C27H23F3N4OS/c1-18-4-3-5-19(2)25(18)32-26(36)33-31-16-20-6-8-21(9-7-20)22-14-15-34(17-22)23-10-12-24(13-11-23)35-27(28,29)30/h3-17H,1-2H3,(H2,32,33,36). The first-order chi connectivity index (χ1) is 17.2. The van der Waals surface area contributed by atoms with Crippen LogP contribution in [0.3, 0.4) is 0 Å². The number of rotatable bonds is 6. The number of nitrogens with zero attached hydrogens (tertiary/aromatic N) is 2. The van der Waals surface area contributed by atoms with Crippen molar-refractivity contribution in [1.29, 1.82) is 0 Å². The van der Waals surface area contributed by atoms with Gasteiger partial charge in [0.05, 0.1) is 6.21 Å². The van der Waals surface area contributed by atoms with Crippen LogP contribution < -0.4 is 15.5 Å². The molecule has 5 nitrogen and oxygen atoms in total. The molecule has 36 heavy (non-hydrogen) atoms. The highest BCUT2D eigenvalue weighted by molar-refractivity contribution is 7.80. The fraction of sp³-hybridized carbons (Fsp3) is 0.111. The summed E-state index contributed by atoms with van der Waals surface area (Å²) < 4.78 is 42.8. The Kier molecular flexibility index (Phi) is 7.40. The van der Waals surface area contributed by atoms with Crippen LogP contribution in [0.1, 0.15) is 16.7 Å². The molecule has 0 saturated heterocycles. The number of thiocarbonyl (C=S) groups is 1. The van der Waals surface area contributed by atoms with E-state index in [0.717, 1.165) is 39.2 Å². The minimum Gasteiger partial charge on any atom is -0.406 e. The van der Waals surface area contributed by atoms with Crippen molar-refractivity contribution in [2.75, 3.05) is 5.32 Å². The number of alkyl halides is 3. The second kappa shape index (κ2) is 10.7. The van der Waals surface area contributed by atoms with Crippen molar-refractivity contribution in [2.24, 2.45) is 5.10 Å². The van der Waals surface area contributed by atoms with Crippen LogP contribution in [0, 0.1) is 13.8 Å². The van der Waals surface area contributed by atoms with Crippen molar-refractivity contribution in [2.45, 2.75) is 20.2 Å². The number of halogens is 3. The second-order valence-electron chi connectivity index (χ2n) is 8.06. The molecule has 0 bridgehead atoms. The molecule has 0 radical (unpaired) electrons. The predicted molar refractivity (Wildman–Crippen MR) is 141 cm³/mol. The van der Waals surface area contributed by atoms with Crippen molar-refractivity contribution in [3.05, 3.63) is 102 Å². The number of hydrogen-bond acceptors (Lipinski definition) is 3. The Morgan fingerprint density at radius 2 is 1.58 bits per heavy atom. The van der Waals surface area contributed by atoms with E-state index in [9.17, 15) is 13.2 Å². The summed E-state index contributed by atoms with van der Waals surface area (Å²) in [6.45, 7) is 4.03. The highest BCUT2D eigenvalue weighted by Gasteiger charge is 2.30. The van der Waals surface area contributed by atoms with Crippen molar-refractivity contribution in [1.82, 2.24) is 9.99 Å². The van der Waals surface area contributed by atoms with Crippen LogP contribution in [-0.4, -0.2) is 22.3 Å². The van der Waals surface area contributed by atoms with E-state index in [0.29, 0.717) is 5.11 Å². The number of hydrogen-bond donors (Lipinski definition) is 2. The number of nitrogens with one attached hydrogen (secondary N) is 2. The zero-order valence-corrected chi connectivity index (χ0v) is 20.3. The summed E-state index contributed by atoms with van der Waals surface area (Å²) >= 11 is 5.33. The van der Waals surface area contributed by atoms with E-state index in [-0.39, 0.29) is 5.75 Å². The molecule has 0 aliphatic rings. The average Bonchev–Trinajstić information content (AvgIpc) is 3.32. The fourth-order valence-corrected chi connectivity index (χ4v) is 3.78. The molecule has 3 aromatic carbocycles. The van der Waals surface area contributed by atoms with Crippen molar-refractivity contribution in [3.8, 4) is 22.6 Å². The average molecular weight is 509 g/mol. The van der Waals surface area contributed by atoms with Crippen molar-refractivity contribution in [3.63, 3.8) is 0 Å². The molecule has 0 fully saturated rings. The van der Waals surface area contributed by atoms with Gasteiger partial charge in [-0.05, 0) is 84.2 Å². The van der Waals surface area contributed by atoms with Gasteiger partial charge in [-0.15, -0.1) is 13.2 Å². The van der Waals surface area contributed by atoms with Crippen LogP contribution in [0.4, 0.5) is 18.9 Å². The molecular weight excluding hydrogens is 485 g/mol. The molecule has 0 atom stereocenters. The Morgan fingerprint density at radius 1 is 0.917 bits per heavy atom. The Balaban J connectivity index is 1.36. The maximum Gasteiger partial charge on any atom is 0.573 e. The summed E-state index contributed by atoms with van der Waals surface area (Å²) in [4.78, 5) is 0. The van der Waals surface area contributed by atoms with E-state index in [1.165, 1.54) is 12.1 Å². The van der Waals surface area contributed by atoms with Gasteiger partial charge >= 0.3 is 6.36 Å². The zero-order valence-electron chi connectivity index (χ0n) is 19.5. The number of benzene rings is 3. The Labute approximate surface area is 212 Å². The summed E-state index contributed by atoms with van der Waals surface area (Å²) in [7, 11) is 0. The molecule has 1 aromatic heterocycles. The highest BCUT2D eigenvalue weighted by atomic mass is 32.1. The molecule has 1 heterocycles. The van der Waals surface area contributed by atoms with Crippen LogP contribution in [0.15, 0.2) is 90.3 Å². The lowest BCUT2D eigenvalue weighted by Crippen LogP contribution is -2.24. The first-order valence-electron chi connectivity index (χ1n) is 11.0. The van der Waals surface area contributed by atoms with Crippen LogP contribution in [-0.2, 0) is 0 Å². The van der Waals surface area contributed by atoms with Gasteiger partial charge in [-0.1, -0.05) is 42.5 Å². The molecule has 9 heteroatoms. The monoisotopic (exact) mass is 508 g/mol. The topological polar surface area (TPSA) is 50.6 Å². The lowest BCUT2D eigenvalue weighted by molar-refractivity contribution is -0.274. The lowest BCUT2D eigenvalue weighted by atomic mass is 10.1.